The average Bonchev–Trinajstić information content (AvgIpc) is 1.79. The van der Waals surface area contributed by atoms with Crippen molar-refractivity contribution in [1.82, 2.24) is 0 Å². The Labute approximate surface area is 56.3 Å². The molecule has 56 valence electrons. The van der Waals surface area contributed by atoms with Gasteiger partial charge in [0, 0.05) is 0 Å². The van der Waals surface area contributed by atoms with Crippen LogP contribution in [0.15, 0.2) is 5.16 Å². The Balaban J connectivity index is 3.36. The van der Waals surface area contributed by atoms with Crippen molar-refractivity contribution < 1.29 is 19.5 Å². The fourth-order valence-corrected chi connectivity index (χ4v) is 0.182. The molecule has 0 aromatic heterocycles. The van der Waals surface area contributed by atoms with Crippen molar-refractivity contribution in [2.45, 2.75) is 0 Å². The van der Waals surface area contributed by atoms with Gasteiger partial charge in [0.2, 0.25) is 6.61 Å². The monoisotopic (exact) mass is 146 g/mol. The molecule has 0 unspecified atom stereocenters. The zero-order valence-electron chi connectivity index (χ0n) is 4.98. The summed E-state index contributed by atoms with van der Waals surface area (Å²) in [4.78, 5) is 23.7. The van der Waals surface area contributed by atoms with Crippen molar-refractivity contribution in [3.8, 4) is 0 Å². The zero-order valence-corrected chi connectivity index (χ0v) is 4.98. The predicted molar refractivity (Wildman–Crippen MR) is 31.3 cm³/mol. The minimum atomic E-state index is -1.17. The molecular formula is C4H6N2O4. The van der Waals surface area contributed by atoms with Crippen LogP contribution in [-0.4, -0.2) is 29.8 Å². The first-order valence-electron chi connectivity index (χ1n) is 2.29. The highest BCUT2D eigenvalue weighted by Gasteiger charge is 1.93. The number of oxime groups is 1. The van der Waals surface area contributed by atoms with Gasteiger partial charge in [0.15, 0.2) is 0 Å². The summed E-state index contributed by atoms with van der Waals surface area (Å²) in [7, 11) is 0. The third kappa shape index (κ3) is 6.41. The molecular weight excluding hydrogens is 140 g/mol. The fourth-order valence-electron chi connectivity index (χ4n) is 0.182. The van der Waals surface area contributed by atoms with E-state index < -0.39 is 18.5 Å². The average molecular weight is 146 g/mol. The molecule has 1 amide bonds. The third-order valence-electron chi connectivity index (χ3n) is 0.443. The lowest BCUT2D eigenvalue weighted by Crippen LogP contribution is -2.12. The second-order valence-electron chi connectivity index (χ2n) is 1.30. The van der Waals surface area contributed by atoms with Gasteiger partial charge in [-0.2, -0.15) is 0 Å². The minimum Gasteiger partial charge on any atom is -0.479 e. The van der Waals surface area contributed by atoms with E-state index in [1.165, 1.54) is 0 Å². The molecule has 3 N–H and O–H groups in total. The summed E-state index contributed by atoms with van der Waals surface area (Å²) in [5, 5.41) is 10.9. The van der Waals surface area contributed by atoms with Crippen LogP contribution in [0.1, 0.15) is 0 Å². The van der Waals surface area contributed by atoms with E-state index in [1.54, 1.807) is 0 Å². The Morgan fingerprint density at radius 1 is 1.70 bits per heavy atom. The topological polar surface area (TPSA) is 102 Å². The Kier molecular flexibility index (Phi) is 3.62. The molecule has 0 heterocycles. The van der Waals surface area contributed by atoms with Gasteiger partial charge in [0.1, 0.15) is 6.21 Å². The lowest BCUT2D eigenvalue weighted by molar-refractivity contribution is -0.142. The summed E-state index contributed by atoms with van der Waals surface area (Å²) >= 11 is 0. The van der Waals surface area contributed by atoms with Gasteiger partial charge in [0.25, 0.3) is 5.91 Å². The molecule has 0 bridgehead atoms. The number of carbonyl (C=O) groups is 2. The Morgan fingerprint density at radius 2 is 2.30 bits per heavy atom. The Hall–Kier alpha value is -1.59. The first-order chi connectivity index (χ1) is 4.63. The molecule has 0 radical (unpaired) electrons. The Morgan fingerprint density at radius 3 is 2.70 bits per heavy atom. The van der Waals surface area contributed by atoms with E-state index >= 15 is 0 Å². The molecule has 0 aliphatic heterocycles. The first kappa shape index (κ1) is 8.41. The minimum absolute atomic E-state index is 0.580. The van der Waals surface area contributed by atoms with E-state index in [4.69, 9.17) is 5.11 Å². The van der Waals surface area contributed by atoms with Crippen LogP contribution in [0.3, 0.4) is 0 Å². The smallest absolute Gasteiger partial charge is 0.344 e. The predicted octanol–water partition coefficient (Wildman–Crippen LogP) is -1.44. The van der Waals surface area contributed by atoms with Crippen LogP contribution in [-0.2, 0) is 14.4 Å². The van der Waals surface area contributed by atoms with Gasteiger partial charge < -0.3 is 15.7 Å². The molecule has 0 rings (SSSR count). The van der Waals surface area contributed by atoms with Crippen molar-refractivity contribution in [3.63, 3.8) is 0 Å². The van der Waals surface area contributed by atoms with E-state index in [0.717, 1.165) is 0 Å². The molecule has 6 nitrogen and oxygen atoms in total. The molecule has 0 aliphatic carbocycles. The zero-order chi connectivity index (χ0) is 7.98. The molecule has 0 atom stereocenters. The number of aliphatic carboxylic acids is 1. The van der Waals surface area contributed by atoms with Gasteiger partial charge in [0.05, 0.1) is 0 Å². The number of hydrogen-bond donors (Lipinski definition) is 2. The van der Waals surface area contributed by atoms with Gasteiger partial charge in [-0.25, -0.2) is 4.79 Å². The number of hydrogen-bond acceptors (Lipinski definition) is 4. The second kappa shape index (κ2) is 4.30. The number of carboxylic acids is 1. The maximum atomic E-state index is 9.89. The van der Waals surface area contributed by atoms with Gasteiger partial charge >= 0.3 is 5.97 Å². The molecule has 10 heavy (non-hydrogen) atoms. The summed E-state index contributed by atoms with van der Waals surface area (Å²) in [6.45, 7) is -0.580. The van der Waals surface area contributed by atoms with Crippen molar-refractivity contribution in [2.24, 2.45) is 10.9 Å². The van der Waals surface area contributed by atoms with Crippen LogP contribution in [0.2, 0.25) is 0 Å². The lowest BCUT2D eigenvalue weighted by Gasteiger charge is -1.89. The van der Waals surface area contributed by atoms with Gasteiger partial charge in [-0.05, 0) is 0 Å². The van der Waals surface area contributed by atoms with E-state index in [-0.39, 0.29) is 0 Å². The van der Waals surface area contributed by atoms with Crippen LogP contribution >= 0.6 is 0 Å². The molecule has 6 heteroatoms. The van der Waals surface area contributed by atoms with E-state index in [1.807, 2.05) is 0 Å². The molecule has 0 aromatic carbocycles. The van der Waals surface area contributed by atoms with Gasteiger partial charge in [-0.15, -0.1) is 0 Å². The molecule has 0 spiro atoms. The standard InChI is InChI=1S/C4H6N2O4/c5-3(7)1-6-10-2-4(8)9/h1H,2H2,(H2,5,7)(H,8,9)/b6-1+. The molecule has 0 aromatic rings. The van der Waals surface area contributed by atoms with Crippen molar-refractivity contribution in [3.05, 3.63) is 0 Å². The van der Waals surface area contributed by atoms with Crippen molar-refractivity contribution in [1.29, 1.82) is 0 Å². The van der Waals surface area contributed by atoms with E-state index in [9.17, 15) is 9.59 Å². The highest BCUT2D eigenvalue weighted by molar-refractivity contribution is 6.25. The van der Waals surface area contributed by atoms with Crippen LogP contribution in [0.5, 0.6) is 0 Å². The summed E-state index contributed by atoms with van der Waals surface area (Å²) in [5.41, 5.74) is 4.59. The van der Waals surface area contributed by atoms with Crippen LogP contribution in [0, 0.1) is 0 Å². The number of amides is 1. The third-order valence-corrected chi connectivity index (χ3v) is 0.443. The molecule has 0 aliphatic rings. The molecule has 0 saturated heterocycles. The maximum absolute atomic E-state index is 9.89. The number of nitrogens with zero attached hydrogens (tertiary/aromatic N) is 1. The second-order valence-corrected chi connectivity index (χ2v) is 1.30. The van der Waals surface area contributed by atoms with Gasteiger partial charge in [-0.1, -0.05) is 5.16 Å². The highest BCUT2D eigenvalue weighted by Crippen LogP contribution is 1.72. The Bertz CT molecular complexity index is 165. The number of rotatable bonds is 4. The van der Waals surface area contributed by atoms with Crippen molar-refractivity contribution in [2.75, 3.05) is 6.61 Å². The highest BCUT2D eigenvalue weighted by atomic mass is 16.6. The summed E-state index contributed by atoms with van der Waals surface area (Å²) in [5.74, 6) is -1.95. The summed E-state index contributed by atoms with van der Waals surface area (Å²) in [6, 6.07) is 0. The quantitative estimate of drug-likeness (QED) is 0.374. The molecule has 0 fully saturated rings. The normalized spacial score (nSPS) is 9.60. The number of carboxylic acid groups (broad SMARTS) is 1. The van der Waals surface area contributed by atoms with Crippen LogP contribution in [0.4, 0.5) is 0 Å². The van der Waals surface area contributed by atoms with Crippen LogP contribution < -0.4 is 5.73 Å². The molecule has 0 saturated carbocycles. The largest absolute Gasteiger partial charge is 0.479 e. The van der Waals surface area contributed by atoms with E-state index in [0.29, 0.717) is 6.21 Å². The van der Waals surface area contributed by atoms with Crippen molar-refractivity contribution >= 4 is 18.1 Å². The summed E-state index contributed by atoms with van der Waals surface area (Å²) in [6.07, 6.45) is 0.683. The maximum Gasteiger partial charge on any atom is 0.344 e. The fraction of sp³-hybridized carbons (Fsp3) is 0.250. The number of carbonyl (C=O) groups excluding carboxylic acids is 1. The first-order valence-corrected chi connectivity index (χ1v) is 2.29. The number of primary amides is 1. The van der Waals surface area contributed by atoms with Gasteiger partial charge in [-0.3, -0.25) is 4.79 Å². The lowest BCUT2D eigenvalue weighted by atomic mass is 10.7. The number of nitrogens with two attached hydrogens (primary N) is 1. The van der Waals surface area contributed by atoms with Crippen LogP contribution in [0.25, 0.3) is 0 Å². The SMILES string of the molecule is NC(=O)/C=N/OCC(=O)O. The summed E-state index contributed by atoms with van der Waals surface area (Å²) < 4.78 is 0. The van der Waals surface area contributed by atoms with E-state index in [2.05, 4.69) is 15.7 Å².